The number of benzene rings is 6. The fraction of sp³-hybridized carbons (Fsp3) is 0.0204. The third kappa shape index (κ3) is 3.84. The molecule has 0 radical (unpaired) electrons. The summed E-state index contributed by atoms with van der Waals surface area (Å²) in [5.41, 5.74) is 13.3. The summed E-state index contributed by atoms with van der Waals surface area (Å²) in [6.45, 7) is 7.79. The maximum Gasteiger partial charge on any atom is 0.188 e. The normalized spacial score (nSPS) is 13.4. The van der Waals surface area contributed by atoms with Crippen molar-refractivity contribution < 1.29 is 0 Å². The van der Waals surface area contributed by atoms with E-state index < -0.39 is 5.41 Å². The number of aromatic nitrogens is 4. The summed E-state index contributed by atoms with van der Waals surface area (Å²) in [6, 6.07) is 53.3. The zero-order chi connectivity index (χ0) is 37.1. The van der Waals surface area contributed by atoms with Crippen LogP contribution in [0.25, 0.3) is 71.2 Å². The maximum atomic E-state index is 9.90. The van der Waals surface area contributed by atoms with Crippen LogP contribution in [0.15, 0.2) is 168 Å². The van der Waals surface area contributed by atoms with Crippen molar-refractivity contribution in [2.24, 2.45) is 0 Å². The van der Waals surface area contributed by atoms with Crippen LogP contribution in [0.2, 0.25) is 0 Å². The number of pyridine rings is 2. The minimum atomic E-state index is -0.724. The van der Waals surface area contributed by atoms with Gasteiger partial charge in [0.2, 0.25) is 0 Å². The molecule has 56 heavy (non-hydrogen) atoms. The van der Waals surface area contributed by atoms with E-state index in [1.807, 2.05) is 60.6 Å². The van der Waals surface area contributed by atoms with Crippen LogP contribution in [-0.4, -0.2) is 19.1 Å². The molecule has 1 aliphatic heterocycles. The molecule has 0 fully saturated rings. The van der Waals surface area contributed by atoms with Crippen LogP contribution in [-0.2, 0) is 5.41 Å². The Labute approximate surface area is 325 Å². The zero-order valence-electron chi connectivity index (χ0n) is 29.6. The van der Waals surface area contributed by atoms with E-state index in [4.69, 9.17) is 16.5 Å². The first-order valence-electron chi connectivity index (χ1n) is 18.4. The van der Waals surface area contributed by atoms with Gasteiger partial charge in [0.1, 0.15) is 0 Å². The lowest BCUT2D eigenvalue weighted by Gasteiger charge is -2.40. The van der Waals surface area contributed by atoms with Crippen LogP contribution in [0.4, 0.5) is 5.69 Å². The summed E-state index contributed by atoms with van der Waals surface area (Å²) in [5.74, 6) is 0. The number of hydrogen-bond acceptors (Lipinski definition) is 4. The molecule has 0 saturated heterocycles. The molecule has 4 aromatic heterocycles. The Morgan fingerprint density at radius 2 is 1.05 bits per heavy atom. The molecule has 0 atom stereocenters. The molecule has 10 aromatic rings. The Hall–Kier alpha value is -7.45. The summed E-state index contributed by atoms with van der Waals surface area (Å²) in [4.78, 5) is 16.1. The van der Waals surface area contributed by atoms with E-state index in [9.17, 15) is 5.26 Å². The quantitative estimate of drug-likeness (QED) is 0.166. The summed E-state index contributed by atoms with van der Waals surface area (Å²) >= 11 is 1.81. The molecule has 0 amide bonds. The van der Waals surface area contributed by atoms with Crippen molar-refractivity contribution in [3.8, 4) is 28.8 Å². The second kappa shape index (κ2) is 11.3. The molecule has 0 unspecified atom stereocenters. The Bertz CT molecular complexity index is 3220. The lowest BCUT2D eigenvalue weighted by atomic mass is 9.67. The van der Waals surface area contributed by atoms with Crippen molar-refractivity contribution >= 4 is 61.1 Å². The Balaban J connectivity index is 1.25. The number of nitriles is 1. The van der Waals surface area contributed by atoms with Gasteiger partial charge in [-0.2, -0.15) is 5.26 Å². The molecule has 0 saturated carbocycles. The van der Waals surface area contributed by atoms with E-state index in [-0.39, 0.29) is 0 Å². The van der Waals surface area contributed by atoms with E-state index in [0.717, 1.165) is 87.3 Å². The monoisotopic (exact) mass is 730 g/mol. The lowest BCUT2D eigenvalue weighted by molar-refractivity contribution is 0.714. The van der Waals surface area contributed by atoms with Crippen LogP contribution in [0.5, 0.6) is 0 Å². The van der Waals surface area contributed by atoms with Crippen molar-refractivity contribution in [3.63, 3.8) is 0 Å². The highest BCUT2D eigenvalue weighted by Gasteiger charge is 2.52. The first kappa shape index (κ1) is 31.0. The first-order valence-corrected chi connectivity index (χ1v) is 19.2. The van der Waals surface area contributed by atoms with Crippen molar-refractivity contribution in [2.75, 3.05) is 0 Å². The molecule has 1 spiro atoms. The third-order valence-electron chi connectivity index (χ3n) is 11.7. The van der Waals surface area contributed by atoms with E-state index in [2.05, 4.69) is 129 Å². The van der Waals surface area contributed by atoms with Crippen LogP contribution in [0.3, 0.4) is 0 Å². The van der Waals surface area contributed by atoms with Crippen LogP contribution < -0.4 is 0 Å². The number of hydrogen-bond donors (Lipinski definition) is 0. The summed E-state index contributed by atoms with van der Waals surface area (Å²) in [6.07, 6.45) is 3.73. The van der Waals surface area contributed by atoms with Gasteiger partial charge >= 0.3 is 0 Å². The third-order valence-corrected chi connectivity index (χ3v) is 13.0. The van der Waals surface area contributed by atoms with Crippen LogP contribution in [0, 0.1) is 17.9 Å². The lowest BCUT2D eigenvalue weighted by Crippen LogP contribution is -2.33. The highest BCUT2D eigenvalue weighted by Crippen LogP contribution is 2.63. The highest BCUT2D eigenvalue weighted by molar-refractivity contribution is 7.99. The van der Waals surface area contributed by atoms with E-state index in [1.165, 1.54) is 11.1 Å². The van der Waals surface area contributed by atoms with E-state index in [1.54, 1.807) is 0 Å². The fourth-order valence-corrected chi connectivity index (χ4v) is 11.0. The van der Waals surface area contributed by atoms with Gasteiger partial charge in [-0.3, -0.25) is 9.97 Å². The molecule has 258 valence electrons. The van der Waals surface area contributed by atoms with Gasteiger partial charge in [-0.15, -0.1) is 0 Å². The summed E-state index contributed by atoms with van der Waals surface area (Å²) in [7, 11) is 0. The van der Waals surface area contributed by atoms with E-state index >= 15 is 0 Å². The second-order valence-corrected chi connectivity index (χ2v) is 15.3. The number of fused-ring (bicyclic) bond motifs is 15. The number of rotatable bonds is 2. The zero-order valence-corrected chi connectivity index (χ0v) is 30.4. The second-order valence-electron chi connectivity index (χ2n) is 14.3. The van der Waals surface area contributed by atoms with Gasteiger partial charge in [-0.1, -0.05) is 90.6 Å². The molecule has 2 aliphatic rings. The standard InChI is InChI=1S/C49H26N6S/c1-51-30-21-23-42-34(27-30)32-11-3-5-17-40(32)55(42)44-19-7-13-38-48(44)56-47-37(49(38)35-14-8-24-52-45(35)46-36(49)15-9-25-53-46)12-6-18-43(47)54-39-16-4-2-10-31(39)33-26-29(28-50)20-22-41(33)54/h2-27H. The molecular formula is C49H26N6S. The molecule has 0 bridgehead atoms. The Morgan fingerprint density at radius 3 is 1.62 bits per heavy atom. The van der Waals surface area contributed by atoms with E-state index in [0.29, 0.717) is 11.3 Å². The van der Waals surface area contributed by atoms with Crippen LogP contribution >= 0.6 is 11.8 Å². The fourth-order valence-electron chi connectivity index (χ4n) is 9.56. The molecule has 1 aliphatic carbocycles. The molecule has 6 nitrogen and oxygen atoms in total. The maximum absolute atomic E-state index is 9.90. The van der Waals surface area contributed by atoms with Gasteiger partial charge < -0.3 is 9.13 Å². The molecular weight excluding hydrogens is 705 g/mol. The van der Waals surface area contributed by atoms with Crippen LogP contribution in [0.1, 0.15) is 27.8 Å². The molecule has 6 aromatic carbocycles. The SMILES string of the molecule is [C-]#[N+]c1ccc2c(c1)c1ccccc1n2-c1cccc2c1Sc1c(-n3c4ccccc4c4cc(C#N)ccc43)cccc1C21c2cccnc2-c2ncccc21. The number of para-hydroxylation sites is 2. The molecule has 7 heteroatoms. The predicted octanol–water partition coefficient (Wildman–Crippen LogP) is 11.9. The van der Waals surface area contributed by atoms with Crippen molar-refractivity contribution in [3.05, 3.63) is 197 Å². The number of nitrogens with zero attached hydrogens (tertiary/aromatic N) is 6. The minimum absolute atomic E-state index is 0.620. The molecule has 5 heterocycles. The highest BCUT2D eigenvalue weighted by atomic mass is 32.2. The molecule has 12 rings (SSSR count). The largest absolute Gasteiger partial charge is 0.308 e. The smallest absolute Gasteiger partial charge is 0.188 e. The van der Waals surface area contributed by atoms with Gasteiger partial charge in [0.15, 0.2) is 5.69 Å². The average molecular weight is 731 g/mol. The van der Waals surface area contributed by atoms with Gasteiger partial charge in [0.05, 0.1) is 68.4 Å². The van der Waals surface area contributed by atoms with Crippen molar-refractivity contribution in [1.29, 1.82) is 5.26 Å². The minimum Gasteiger partial charge on any atom is -0.308 e. The Kier molecular flexibility index (Phi) is 6.24. The summed E-state index contributed by atoms with van der Waals surface area (Å²) in [5, 5.41) is 14.2. The van der Waals surface area contributed by atoms with Gasteiger partial charge in [-0.05, 0) is 94.4 Å². The van der Waals surface area contributed by atoms with Gasteiger partial charge in [0.25, 0.3) is 0 Å². The van der Waals surface area contributed by atoms with Crippen molar-refractivity contribution in [2.45, 2.75) is 15.2 Å². The van der Waals surface area contributed by atoms with Gasteiger partial charge in [-0.25, -0.2) is 4.85 Å². The molecule has 0 N–H and O–H groups in total. The van der Waals surface area contributed by atoms with Gasteiger partial charge in [0, 0.05) is 38.3 Å². The predicted molar refractivity (Wildman–Crippen MR) is 223 cm³/mol. The average Bonchev–Trinajstić information content (AvgIpc) is 3.87. The topological polar surface area (TPSA) is 63.8 Å². The summed E-state index contributed by atoms with van der Waals surface area (Å²) < 4.78 is 4.74. The first-order chi connectivity index (χ1) is 27.7. The Morgan fingerprint density at radius 1 is 0.536 bits per heavy atom. The van der Waals surface area contributed by atoms with Crippen molar-refractivity contribution in [1.82, 2.24) is 19.1 Å².